The van der Waals surface area contributed by atoms with Gasteiger partial charge in [0.15, 0.2) is 11.5 Å². The van der Waals surface area contributed by atoms with Gasteiger partial charge in [0.2, 0.25) is 5.91 Å². The van der Waals surface area contributed by atoms with Crippen molar-refractivity contribution in [3.05, 3.63) is 59.5 Å². The van der Waals surface area contributed by atoms with Crippen molar-refractivity contribution < 1.29 is 13.9 Å². The number of oxazole rings is 1. The Morgan fingerprint density at radius 1 is 1.17 bits per heavy atom. The Morgan fingerprint density at radius 2 is 1.91 bits per heavy atom. The summed E-state index contributed by atoms with van der Waals surface area (Å²) in [4.78, 5) is 16.3. The molecule has 23 heavy (non-hydrogen) atoms. The van der Waals surface area contributed by atoms with E-state index in [4.69, 9.17) is 9.15 Å². The average molecular weight is 310 g/mol. The first kappa shape index (κ1) is 15.1. The predicted octanol–water partition coefficient (Wildman–Crippen LogP) is 3.00. The molecule has 0 saturated carbocycles. The highest BCUT2D eigenvalue weighted by molar-refractivity contribution is 5.79. The van der Waals surface area contributed by atoms with E-state index in [9.17, 15) is 4.79 Å². The van der Waals surface area contributed by atoms with E-state index in [0.717, 1.165) is 28.0 Å². The van der Waals surface area contributed by atoms with Crippen molar-refractivity contribution in [2.24, 2.45) is 0 Å². The normalized spacial score (nSPS) is 10.7. The predicted molar refractivity (Wildman–Crippen MR) is 87.3 cm³/mol. The minimum absolute atomic E-state index is 0.0241. The number of nitrogens with one attached hydrogen (secondary N) is 1. The molecule has 0 saturated heterocycles. The van der Waals surface area contributed by atoms with Gasteiger partial charge in [-0.2, -0.15) is 0 Å². The molecule has 0 fully saturated rings. The Morgan fingerprint density at radius 3 is 2.65 bits per heavy atom. The second kappa shape index (κ2) is 6.52. The van der Waals surface area contributed by atoms with Crippen molar-refractivity contribution in [2.75, 3.05) is 7.11 Å². The molecule has 118 valence electrons. The molecule has 0 bridgehead atoms. The molecule has 0 aliphatic carbocycles. The highest BCUT2D eigenvalue weighted by Gasteiger charge is 2.06. The Hall–Kier alpha value is -2.82. The van der Waals surface area contributed by atoms with E-state index in [1.54, 1.807) is 7.11 Å². The maximum Gasteiger partial charge on any atom is 0.224 e. The van der Waals surface area contributed by atoms with E-state index in [0.29, 0.717) is 18.9 Å². The zero-order valence-electron chi connectivity index (χ0n) is 13.1. The lowest BCUT2D eigenvalue weighted by atomic mass is 10.1. The highest BCUT2D eigenvalue weighted by atomic mass is 16.5. The van der Waals surface area contributed by atoms with Crippen LogP contribution in [0.15, 0.2) is 46.9 Å². The van der Waals surface area contributed by atoms with Gasteiger partial charge in [-0.1, -0.05) is 18.2 Å². The summed E-state index contributed by atoms with van der Waals surface area (Å²) in [7, 11) is 1.62. The van der Waals surface area contributed by atoms with Crippen LogP contribution in [0.1, 0.15) is 17.0 Å². The molecular formula is C18H18N2O3. The van der Waals surface area contributed by atoms with Crippen LogP contribution in [0.4, 0.5) is 0 Å². The molecule has 1 amide bonds. The molecule has 1 aromatic heterocycles. The Balaban J connectivity index is 1.58. The van der Waals surface area contributed by atoms with Gasteiger partial charge in [0.05, 0.1) is 13.5 Å². The van der Waals surface area contributed by atoms with Crippen molar-refractivity contribution in [1.82, 2.24) is 10.3 Å². The van der Waals surface area contributed by atoms with Gasteiger partial charge in [0, 0.05) is 13.5 Å². The highest BCUT2D eigenvalue weighted by Crippen LogP contribution is 2.17. The molecule has 0 unspecified atom stereocenters. The van der Waals surface area contributed by atoms with E-state index in [2.05, 4.69) is 10.3 Å². The fourth-order valence-electron chi connectivity index (χ4n) is 2.39. The molecular weight excluding hydrogens is 292 g/mol. The van der Waals surface area contributed by atoms with E-state index < -0.39 is 0 Å². The zero-order valence-corrected chi connectivity index (χ0v) is 13.1. The van der Waals surface area contributed by atoms with Gasteiger partial charge in [-0.05, 0) is 35.4 Å². The smallest absolute Gasteiger partial charge is 0.224 e. The van der Waals surface area contributed by atoms with Crippen LogP contribution in [0, 0.1) is 6.92 Å². The number of ether oxygens (including phenoxy) is 1. The quantitative estimate of drug-likeness (QED) is 0.787. The summed E-state index contributed by atoms with van der Waals surface area (Å²) in [6.45, 7) is 2.28. The Bertz CT molecular complexity index is 822. The van der Waals surface area contributed by atoms with Crippen molar-refractivity contribution in [3.63, 3.8) is 0 Å². The van der Waals surface area contributed by atoms with Gasteiger partial charge in [-0.3, -0.25) is 4.79 Å². The first-order valence-electron chi connectivity index (χ1n) is 7.40. The first-order chi connectivity index (χ1) is 11.1. The molecule has 3 aromatic rings. The topological polar surface area (TPSA) is 64.4 Å². The summed E-state index contributed by atoms with van der Waals surface area (Å²) in [5.74, 6) is 1.40. The largest absolute Gasteiger partial charge is 0.497 e. The summed E-state index contributed by atoms with van der Waals surface area (Å²) < 4.78 is 10.6. The summed E-state index contributed by atoms with van der Waals surface area (Å²) in [5.41, 5.74) is 3.50. The molecule has 0 radical (unpaired) electrons. The number of carbonyl (C=O) groups is 1. The molecule has 0 spiro atoms. The van der Waals surface area contributed by atoms with Crippen LogP contribution in [0.3, 0.4) is 0 Å². The minimum atomic E-state index is -0.0241. The molecule has 2 aromatic carbocycles. The molecule has 1 N–H and O–H groups in total. The van der Waals surface area contributed by atoms with E-state index in [-0.39, 0.29) is 5.91 Å². The summed E-state index contributed by atoms with van der Waals surface area (Å²) in [5, 5.41) is 2.92. The first-order valence-corrected chi connectivity index (χ1v) is 7.40. The van der Waals surface area contributed by atoms with Crippen LogP contribution in [-0.2, 0) is 17.8 Å². The van der Waals surface area contributed by atoms with Crippen molar-refractivity contribution in [2.45, 2.75) is 19.9 Å². The number of nitrogens with zero attached hydrogens (tertiary/aromatic N) is 1. The van der Waals surface area contributed by atoms with Gasteiger partial charge < -0.3 is 14.5 Å². The van der Waals surface area contributed by atoms with Gasteiger partial charge in [-0.15, -0.1) is 0 Å². The van der Waals surface area contributed by atoms with Crippen LogP contribution in [-0.4, -0.2) is 18.0 Å². The standard InChI is InChI=1S/C18H18N2O3/c1-12-20-16-8-5-14(9-17(16)23-12)11-19-18(21)10-13-3-6-15(22-2)7-4-13/h3-9H,10-11H2,1-2H3,(H,19,21). The third-order valence-corrected chi connectivity index (χ3v) is 3.57. The number of carbonyl (C=O) groups excluding carboxylic acids is 1. The van der Waals surface area contributed by atoms with Gasteiger partial charge in [0.1, 0.15) is 11.3 Å². The van der Waals surface area contributed by atoms with Crippen molar-refractivity contribution in [1.29, 1.82) is 0 Å². The van der Waals surface area contributed by atoms with Crippen LogP contribution in [0.25, 0.3) is 11.1 Å². The SMILES string of the molecule is COc1ccc(CC(=O)NCc2ccc3nc(C)oc3c2)cc1. The molecule has 0 aliphatic heterocycles. The lowest BCUT2D eigenvalue weighted by Crippen LogP contribution is -2.24. The van der Waals surface area contributed by atoms with Crippen molar-refractivity contribution in [3.8, 4) is 5.75 Å². The van der Waals surface area contributed by atoms with Crippen molar-refractivity contribution >= 4 is 17.0 Å². The van der Waals surface area contributed by atoms with Crippen LogP contribution >= 0.6 is 0 Å². The molecule has 3 rings (SSSR count). The second-order valence-electron chi connectivity index (χ2n) is 5.34. The number of benzene rings is 2. The molecule has 0 atom stereocenters. The minimum Gasteiger partial charge on any atom is -0.497 e. The molecule has 5 heteroatoms. The fourth-order valence-corrected chi connectivity index (χ4v) is 2.39. The third-order valence-electron chi connectivity index (χ3n) is 3.57. The van der Waals surface area contributed by atoms with Crippen LogP contribution < -0.4 is 10.1 Å². The number of hydrogen-bond acceptors (Lipinski definition) is 4. The number of aryl methyl sites for hydroxylation is 1. The fraction of sp³-hybridized carbons (Fsp3) is 0.222. The number of amides is 1. The summed E-state index contributed by atoms with van der Waals surface area (Å²) >= 11 is 0. The van der Waals surface area contributed by atoms with Gasteiger partial charge in [-0.25, -0.2) is 4.98 Å². The number of rotatable bonds is 5. The molecule has 0 aliphatic rings. The van der Waals surface area contributed by atoms with Crippen LogP contribution in [0.2, 0.25) is 0 Å². The lowest BCUT2D eigenvalue weighted by Gasteiger charge is -2.06. The maximum atomic E-state index is 12.0. The lowest BCUT2D eigenvalue weighted by molar-refractivity contribution is -0.120. The number of fused-ring (bicyclic) bond motifs is 1. The van der Waals surface area contributed by atoms with Gasteiger partial charge in [0.25, 0.3) is 0 Å². The molecule has 1 heterocycles. The van der Waals surface area contributed by atoms with Gasteiger partial charge >= 0.3 is 0 Å². The number of hydrogen-bond donors (Lipinski definition) is 1. The third kappa shape index (κ3) is 3.69. The zero-order chi connectivity index (χ0) is 16.2. The maximum absolute atomic E-state index is 12.0. The summed E-state index contributed by atoms with van der Waals surface area (Å²) in [6.07, 6.45) is 0.341. The second-order valence-corrected chi connectivity index (χ2v) is 5.34. The Kier molecular flexibility index (Phi) is 4.28. The van der Waals surface area contributed by atoms with E-state index in [1.807, 2.05) is 49.4 Å². The summed E-state index contributed by atoms with van der Waals surface area (Å²) in [6, 6.07) is 13.2. The van der Waals surface area contributed by atoms with E-state index in [1.165, 1.54) is 0 Å². The number of methoxy groups -OCH3 is 1. The Labute approximate surface area is 134 Å². The van der Waals surface area contributed by atoms with E-state index >= 15 is 0 Å². The molecule has 5 nitrogen and oxygen atoms in total. The average Bonchev–Trinajstić information content (AvgIpc) is 2.93. The number of aromatic nitrogens is 1. The monoisotopic (exact) mass is 310 g/mol. The van der Waals surface area contributed by atoms with Crippen LogP contribution in [0.5, 0.6) is 5.75 Å².